The third-order valence-electron chi connectivity index (χ3n) is 2.91. The Kier molecular flexibility index (Phi) is 5.83. The zero-order chi connectivity index (χ0) is 18.8. The van der Waals surface area contributed by atoms with Gasteiger partial charge in [-0.05, 0) is 12.2 Å². The maximum Gasteiger partial charge on any atom is 0.455 e. The van der Waals surface area contributed by atoms with Crippen LogP contribution in [0.2, 0.25) is 0 Å². The molecule has 1 aliphatic heterocycles. The summed E-state index contributed by atoms with van der Waals surface area (Å²) in [6, 6.07) is 1.40. The van der Waals surface area contributed by atoms with E-state index in [9.17, 15) is 35.1 Å². The zero-order valence-corrected chi connectivity index (χ0v) is 11.8. The standard InChI is InChI=1S/C12H11F8N3O/c13-10(14,12(18,19)20)6-24-9-7(5-22)1-2-8(11(15,16)17)23(9)4-3-21/h1-2,9H,3-4,6,21H2. The van der Waals surface area contributed by atoms with Gasteiger partial charge in [0.05, 0.1) is 11.6 Å². The highest BCUT2D eigenvalue weighted by molar-refractivity contribution is 5.36. The molecule has 2 N–H and O–H groups in total. The largest absolute Gasteiger partial charge is 0.455 e. The molecule has 0 saturated heterocycles. The Morgan fingerprint density at radius 2 is 1.71 bits per heavy atom. The van der Waals surface area contributed by atoms with Gasteiger partial charge in [0.1, 0.15) is 12.3 Å². The fourth-order valence-corrected chi connectivity index (χ4v) is 1.81. The highest BCUT2D eigenvalue weighted by Crippen LogP contribution is 2.38. The maximum atomic E-state index is 12.9. The van der Waals surface area contributed by atoms with E-state index in [1.165, 1.54) is 6.07 Å². The van der Waals surface area contributed by atoms with Crippen LogP contribution in [-0.2, 0) is 4.74 Å². The van der Waals surface area contributed by atoms with Gasteiger partial charge in [0.2, 0.25) is 0 Å². The van der Waals surface area contributed by atoms with E-state index < -0.39 is 48.9 Å². The van der Waals surface area contributed by atoms with Gasteiger partial charge in [-0.1, -0.05) is 0 Å². The molecule has 0 aliphatic carbocycles. The number of nitrogens with zero attached hydrogens (tertiary/aromatic N) is 2. The molecule has 0 bridgehead atoms. The quantitative estimate of drug-likeness (QED) is 0.761. The van der Waals surface area contributed by atoms with Crippen LogP contribution in [0.4, 0.5) is 35.1 Å². The average molecular weight is 365 g/mol. The summed E-state index contributed by atoms with van der Waals surface area (Å²) in [5, 5.41) is 8.85. The number of hydrogen-bond donors (Lipinski definition) is 1. The predicted octanol–water partition coefficient (Wildman–Crippen LogP) is 2.70. The number of rotatable bonds is 5. The van der Waals surface area contributed by atoms with Gasteiger partial charge in [0.25, 0.3) is 0 Å². The molecule has 1 atom stereocenters. The number of allylic oxidation sites excluding steroid dienone is 3. The molecule has 0 amide bonds. The Labute approximate surface area is 130 Å². The number of alkyl halides is 8. The van der Waals surface area contributed by atoms with Crippen molar-refractivity contribution in [3.05, 3.63) is 23.4 Å². The molecule has 1 unspecified atom stereocenters. The number of nitrogens with two attached hydrogens (primary N) is 1. The first-order chi connectivity index (χ1) is 10.8. The molecule has 0 aromatic carbocycles. The molecule has 12 heteroatoms. The van der Waals surface area contributed by atoms with Crippen LogP contribution in [0.1, 0.15) is 0 Å². The second kappa shape index (κ2) is 6.94. The van der Waals surface area contributed by atoms with E-state index in [2.05, 4.69) is 4.74 Å². The molecule has 0 aromatic rings. The molecule has 1 heterocycles. The maximum absolute atomic E-state index is 12.9. The summed E-state index contributed by atoms with van der Waals surface area (Å²) in [5.74, 6) is -5.29. The van der Waals surface area contributed by atoms with Crippen LogP contribution in [0.25, 0.3) is 0 Å². The van der Waals surface area contributed by atoms with Gasteiger partial charge in [-0.15, -0.1) is 0 Å². The minimum atomic E-state index is -5.94. The lowest BCUT2D eigenvalue weighted by atomic mass is 10.1. The molecule has 0 saturated carbocycles. The number of ether oxygens (including phenoxy) is 1. The van der Waals surface area contributed by atoms with Gasteiger partial charge in [0, 0.05) is 13.1 Å². The van der Waals surface area contributed by atoms with Crippen molar-refractivity contribution >= 4 is 0 Å². The number of nitriles is 1. The minimum Gasteiger partial charge on any atom is -0.347 e. The normalized spacial score (nSPS) is 19.7. The average Bonchev–Trinajstić information content (AvgIpc) is 2.43. The molecule has 0 radical (unpaired) electrons. The summed E-state index contributed by atoms with van der Waals surface area (Å²) in [4.78, 5) is 0.324. The van der Waals surface area contributed by atoms with Crippen molar-refractivity contribution in [2.24, 2.45) is 5.73 Å². The zero-order valence-electron chi connectivity index (χ0n) is 11.8. The van der Waals surface area contributed by atoms with Crippen molar-refractivity contribution in [1.29, 1.82) is 5.26 Å². The van der Waals surface area contributed by atoms with Crippen molar-refractivity contribution in [2.75, 3.05) is 19.7 Å². The van der Waals surface area contributed by atoms with Crippen LogP contribution < -0.4 is 5.73 Å². The molecule has 1 aliphatic rings. The van der Waals surface area contributed by atoms with Gasteiger partial charge in [-0.25, -0.2) is 0 Å². The van der Waals surface area contributed by atoms with E-state index in [0.717, 1.165) is 0 Å². The van der Waals surface area contributed by atoms with Gasteiger partial charge in [0.15, 0.2) is 6.23 Å². The smallest absolute Gasteiger partial charge is 0.347 e. The Morgan fingerprint density at radius 1 is 1.12 bits per heavy atom. The first-order valence-corrected chi connectivity index (χ1v) is 6.27. The van der Waals surface area contributed by atoms with Crippen LogP contribution in [-0.4, -0.2) is 49.1 Å². The van der Waals surface area contributed by atoms with Crippen LogP contribution in [0, 0.1) is 11.3 Å². The molecule has 4 nitrogen and oxygen atoms in total. The van der Waals surface area contributed by atoms with Gasteiger partial charge < -0.3 is 15.4 Å². The van der Waals surface area contributed by atoms with E-state index in [-0.39, 0.29) is 6.54 Å². The first-order valence-electron chi connectivity index (χ1n) is 6.27. The number of hydrogen-bond acceptors (Lipinski definition) is 4. The lowest BCUT2D eigenvalue weighted by Gasteiger charge is -2.37. The first kappa shape index (κ1) is 20.2. The summed E-state index contributed by atoms with van der Waals surface area (Å²) in [6.07, 6.45) is -11.8. The topological polar surface area (TPSA) is 62.3 Å². The van der Waals surface area contributed by atoms with Crippen LogP contribution in [0.3, 0.4) is 0 Å². The molecular weight excluding hydrogens is 354 g/mol. The van der Waals surface area contributed by atoms with E-state index in [0.29, 0.717) is 17.1 Å². The highest BCUT2D eigenvalue weighted by atomic mass is 19.4. The number of halogens is 8. The van der Waals surface area contributed by atoms with E-state index >= 15 is 0 Å². The van der Waals surface area contributed by atoms with Crippen molar-refractivity contribution in [2.45, 2.75) is 24.5 Å². The Morgan fingerprint density at radius 3 is 2.12 bits per heavy atom. The summed E-state index contributed by atoms with van der Waals surface area (Å²) in [6.45, 7) is -3.21. The van der Waals surface area contributed by atoms with Crippen LogP contribution in [0.5, 0.6) is 0 Å². The highest BCUT2D eigenvalue weighted by Gasteiger charge is 2.58. The van der Waals surface area contributed by atoms with Gasteiger partial charge >= 0.3 is 18.3 Å². The molecule has 0 fully saturated rings. The summed E-state index contributed by atoms with van der Waals surface area (Å²) in [5.41, 5.74) is 3.21. The van der Waals surface area contributed by atoms with E-state index in [1.54, 1.807) is 0 Å². The Bertz CT molecular complexity index is 558. The van der Waals surface area contributed by atoms with Crippen LogP contribution in [0.15, 0.2) is 23.4 Å². The molecular formula is C12H11F8N3O. The fraction of sp³-hybridized carbons (Fsp3) is 0.583. The third-order valence-corrected chi connectivity index (χ3v) is 2.91. The Hall–Kier alpha value is -1.87. The van der Waals surface area contributed by atoms with E-state index in [4.69, 9.17) is 11.0 Å². The minimum absolute atomic E-state index is 0.324. The molecule has 0 spiro atoms. The monoisotopic (exact) mass is 365 g/mol. The molecule has 1 rings (SSSR count). The van der Waals surface area contributed by atoms with Crippen molar-refractivity contribution < 1.29 is 39.9 Å². The lowest BCUT2D eigenvalue weighted by molar-refractivity contribution is -0.302. The molecule has 0 aromatic heterocycles. The van der Waals surface area contributed by atoms with Crippen molar-refractivity contribution in [1.82, 2.24) is 4.90 Å². The second-order valence-corrected chi connectivity index (χ2v) is 4.63. The molecule has 24 heavy (non-hydrogen) atoms. The molecule has 136 valence electrons. The van der Waals surface area contributed by atoms with Gasteiger partial charge in [-0.2, -0.15) is 40.4 Å². The lowest BCUT2D eigenvalue weighted by Crippen LogP contribution is -2.49. The second-order valence-electron chi connectivity index (χ2n) is 4.63. The van der Waals surface area contributed by atoms with Gasteiger partial charge in [-0.3, -0.25) is 0 Å². The predicted molar refractivity (Wildman–Crippen MR) is 64.3 cm³/mol. The fourth-order valence-electron chi connectivity index (χ4n) is 1.81. The Balaban J connectivity index is 3.12. The van der Waals surface area contributed by atoms with E-state index in [1.807, 2.05) is 0 Å². The SMILES string of the molecule is N#CC1=CC=C(C(F)(F)F)N(CCN)C1OCC(F)(F)C(F)(F)F. The van der Waals surface area contributed by atoms with Crippen LogP contribution >= 0.6 is 0 Å². The summed E-state index contributed by atoms with van der Waals surface area (Å²) in [7, 11) is 0. The third kappa shape index (κ3) is 4.35. The van der Waals surface area contributed by atoms with Crippen molar-refractivity contribution in [3.63, 3.8) is 0 Å². The summed E-state index contributed by atoms with van der Waals surface area (Å²) >= 11 is 0. The summed E-state index contributed by atoms with van der Waals surface area (Å²) < 4.78 is 105. The van der Waals surface area contributed by atoms with Crippen molar-refractivity contribution in [3.8, 4) is 6.07 Å².